The molecule has 4 rings (SSSR count). The van der Waals surface area contributed by atoms with E-state index in [2.05, 4.69) is 15.5 Å². The molecule has 2 N–H and O–H groups in total. The van der Waals surface area contributed by atoms with Crippen molar-refractivity contribution in [1.82, 2.24) is 10.2 Å². The standard InChI is InChI=1S/C21H20N4O4S/c26-19(17-3-1-13-28-17)23-21(30)22-15-5-7-16(8-6-15)24-9-11-25(12-10-24)20(27)18-4-2-14-29-18/h1-8,13-14H,9-12H2,(H2,22,23,26,30). The van der Waals surface area contributed by atoms with Crippen LogP contribution in [0.2, 0.25) is 0 Å². The van der Waals surface area contributed by atoms with Crippen LogP contribution in [-0.2, 0) is 0 Å². The number of anilines is 2. The van der Waals surface area contributed by atoms with Crippen LogP contribution < -0.4 is 15.5 Å². The lowest BCUT2D eigenvalue weighted by atomic mass is 10.2. The number of nitrogens with one attached hydrogen (secondary N) is 2. The van der Waals surface area contributed by atoms with Gasteiger partial charge in [0, 0.05) is 37.6 Å². The average molecular weight is 424 g/mol. The maximum atomic E-state index is 12.4. The van der Waals surface area contributed by atoms with Crippen molar-refractivity contribution in [2.24, 2.45) is 0 Å². The van der Waals surface area contributed by atoms with E-state index in [1.54, 1.807) is 29.2 Å². The van der Waals surface area contributed by atoms with Gasteiger partial charge in [0.05, 0.1) is 12.5 Å². The molecule has 0 atom stereocenters. The van der Waals surface area contributed by atoms with Gasteiger partial charge in [-0.1, -0.05) is 0 Å². The third-order valence-corrected chi connectivity index (χ3v) is 4.97. The molecule has 0 radical (unpaired) electrons. The van der Waals surface area contributed by atoms with Gasteiger partial charge in [-0.3, -0.25) is 14.9 Å². The van der Waals surface area contributed by atoms with Gasteiger partial charge in [0.25, 0.3) is 11.8 Å². The van der Waals surface area contributed by atoms with E-state index in [1.165, 1.54) is 12.5 Å². The Bertz CT molecular complexity index is 1010. The van der Waals surface area contributed by atoms with E-state index < -0.39 is 5.91 Å². The Morgan fingerprint density at radius 3 is 2.10 bits per heavy atom. The Morgan fingerprint density at radius 1 is 0.867 bits per heavy atom. The Kier molecular flexibility index (Phi) is 5.80. The Labute approximate surface area is 178 Å². The highest BCUT2D eigenvalue weighted by Gasteiger charge is 2.23. The number of benzene rings is 1. The minimum Gasteiger partial charge on any atom is -0.459 e. The first-order valence-corrected chi connectivity index (χ1v) is 9.84. The van der Waals surface area contributed by atoms with E-state index in [9.17, 15) is 9.59 Å². The lowest BCUT2D eigenvalue weighted by Crippen LogP contribution is -2.48. The summed E-state index contributed by atoms with van der Waals surface area (Å²) >= 11 is 5.18. The number of amides is 2. The molecule has 1 aromatic carbocycles. The molecule has 0 saturated carbocycles. The predicted octanol–water partition coefficient (Wildman–Crippen LogP) is 2.96. The summed E-state index contributed by atoms with van der Waals surface area (Å²) in [6.45, 7) is 2.72. The molecule has 154 valence electrons. The van der Waals surface area contributed by atoms with Crippen molar-refractivity contribution in [3.63, 3.8) is 0 Å². The molecule has 1 fully saturated rings. The molecule has 0 unspecified atom stereocenters. The van der Waals surface area contributed by atoms with Gasteiger partial charge in [-0.15, -0.1) is 0 Å². The third kappa shape index (κ3) is 4.52. The summed E-state index contributed by atoms with van der Waals surface area (Å²) in [4.78, 5) is 28.3. The number of furan rings is 2. The Hall–Kier alpha value is -3.59. The van der Waals surface area contributed by atoms with Gasteiger partial charge in [-0.2, -0.15) is 0 Å². The normalized spacial score (nSPS) is 13.7. The highest BCUT2D eigenvalue weighted by Crippen LogP contribution is 2.20. The second kappa shape index (κ2) is 8.83. The predicted molar refractivity (Wildman–Crippen MR) is 116 cm³/mol. The fourth-order valence-electron chi connectivity index (χ4n) is 3.21. The summed E-state index contributed by atoms with van der Waals surface area (Å²) < 4.78 is 10.2. The van der Waals surface area contributed by atoms with Crippen LogP contribution in [0.5, 0.6) is 0 Å². The van der Waals surface area contributed by atoms with Crippen LogP contribution in [0.15, 0.2) is 69.9 Å². The molecule has 0 aliphatic carbocycles. The smallest absolute Gasteiger partial charge is 0.293 e. The van der Waals surface area contributed by atoms with Crippen LogP contribution in [0.1, 0.15) is 21.1 Å². The van der Waals surface area contributed by atoms with Crippen molar-refractivity contribution in [3.8, 4) is 0 Å². The van der Waals surface area contributed by atoms with Gasteiger partial charge < -0.3 is 24.0 Å². The third-order valence-electron chi connectivity index (χ3n) is 4.76. The summed E-state index contributed by atoms with van der Waals surface area (Å²) in [7, 11) is 0. The summed E-state index contributed by atoms with van der Waals surface area (Å²) in [5.41, 5.74) is 1.81. The van der Waals surface area contributed by atoms with Crippen LogP contribution in [0.3, 0.4) is 0 Å². The van der Waals surface area contributed by atoms with E-state index in [0.29, 0.717) is 18.8 Å². The van der Waals surface area contributed by atoms with E-state index >= 15 is 0 Å². The van der Waals surface area contributed by atoms with E-state index in [1.807, 2.05) is 24.3 Å². The number of thiocarbonyl (C=S) groups is 1. The molecule has 3 heterocycles. The van der Waals surface area contributed by atoms with Crippen LogP contribution in [0, 0.1) is 0 Å². The summed E-state index contributed by atoms with van der Waals surface area (Å²) in [5.74, 6) is 0.0774. The highest BCUT2D eigenvalue weighted by atomic mass is 32.1. The van der Waals surface area contributed by atoms with Crippen molar-refractivity contribution in [2.45, 2.75) is 0 Å². The summed E-state index contributed by atoms with van der Waals surface area (Å²) in [6.07, 6.45) is 2.93. The van der Waals surface area contributed by atoms with Crippen LogP contribution in [0.25, 0.3) is 0 Å². The first kappa shape index (κ1) is 19.7. The molecule has 1 aliphatic rings. The maximum Gasteiger partial charge on any atom is 0.293 e. The Morgan fingerprint density at radius 2 is 1.50 bits per heavy atom. The van der Waals surface area contributed by atoms with Crippen LogP contribution >= 0.6 is 12.2 Å². The van der Waals surface area contributed by atoms with E-state index in [0.717, 1.165) is 24.5 Å². The zero-order valence-electron chi connectivity index (χ0n) is 16.0. The molecule has 2 amide bonds. The molecule has 0 spiro atoms. The highest BCUT2D eigenvalue weighted by molar-refractivity contribution is 7.80. The van der Waals surface area contributed by atoms with Gasteiger partial charge in [0.15, 0.2) is 16.6 Å². The Balaban J connectivity index is 1.28. The second-order valence-corrected chi connectivity index (χ2v) is 7.10. The fourth-order valence-corrected chi connectivity index (χ4v) is 3.42. The van der Waals surface area contributed by atoms with Gasteiger partial charge >= 0.3 is 0 Å². The molecule has 30 heavy (non-hydrogen) atoms. The minimum absolute atomic E-state index is 0.0793. The van der Waals surface area contributed by atoms with Crippen molar-refractivity contribution in [2.75, 3.05) is 36.4 Å². The molecule has 1 saturated heterocycles. The van der Waals surface area contributed by atoms with Crippen molar-refractivity contribution >= 4 is 40.5 Å². The molecule has 9 heteroatoms. The molecule has 3 aromatic rings. The van der Waals surface area contributed by atoms with E-state index in [4.69, 9.17) is 21.1 Å². The van der Waals surface area contributed by atoms with E-state index in [-0.39, 0.29) is 16.8 Å². The van der Waals surface area contributed by atoms with Gasteiger partial charge in [-0.25, -0.2) is 0 Å². The number of piperazine rings is 1. The SMILES string of the molecule is O=C(NC(=S)Nc1ccc(N2CCN(C(=O)c3ccco3)CC2)cc1)c1ccco1. The first-order chi connectivity index (χ1) is 14.6. The molecular weight excluding hydrogens is 404 g/mol. The minimum atomic E-state index is -0.406. The first-order valence-electron chi connectivity index (χ1n) is 9.44. The number of hydrogen-bond donors (Lipinski definition) is 2. The van der Waals surface area contributed by atoms with Crippen LogP contribution in [-0.4, -0.2) is 48.0 Å². The number of rotatable bonds is 4. The molecule has 8 nitrogen and oxygen atoms in total. The summed E-state index contributed by atoms with van der Waals surface area (Å²) in [5, 5.41) is 5.74. The van der Waals surface area contributed by atoms with Crippen molar-refractivity contribution < 1.29 is 18.4 Å². The average Bonchev–Trinajstić information content (AvgIpc) is 3.48. The summed E-state index contributed by atoms with van der Waals surface area (Å²) in [6, 6.07) is 14.3. The number of nitrogens with zero attached hydrogens (tertiary/aromatic N) is 2. The largest absolute Gasteiger partial charge is 0.459 e. The zero-order valence-corrected chi connectivity index (χ0v) is 16.9. The van der Waals surface area contributed by atoms with Gasteiger partial charge in [-0.05, 0) is 60.7 Å². The molecule has 1 aliphatic heterocycles. The zero-order chi connectivity index (χ0) is 20.9. The van der Waals surface area contributed by atoms with Crippen molar-refractivity contribution in [3.05, 3.63) is 72.6 Å². The monoisotopic (exact) mass is 424 g/mol. The molecular formula is C21H20N4O4S. The quantitative estimate of drug-likeness (QED) is 0.622. The number of carbonyl (C=O) groups excluding carboxylic acids is 2. The van der Waals surface area contributed by atoms with Crippen LogP contribution in [0.4, 0.5) is 11.4 Å². The van der Waals surface area contributed by atoms with Crippen molar-refractivity contribution in [1.29, 1.82) is 0 Å². The number of hydrogen-bond acceptors (Lipinski definition) is 6. The lowest BCUT2D eigenvalue weighted by molar-refractivity contribution is 0.0714. The van der Waals surface area contributed by atoms with Gasteiger partial charge in [0.2, 0.25) is 0 Å². The fraction of sp³-hybridized carbons (Fsp3) is 0.190. The second-order valence-electron chi connectivity index (χ2n) is 6.69. The van der Waals surface area contributed by atoms with Gasteiger partial charge in [0.1, 0.15) is 0 Å². The maximum absolute atomic E-state index is 12.4. The molecule has 0 bridgehead atoms. The number of carbonyl (C=O) groups is 2. The molecule has 2 aromatic heterocycles. The lowest BCUT2D eigenvalue weighted by Gasteiger charge is -2.35. The topological polar surface area (TPSA) is 91.0 Å².